The second-order valence-corrected chi connectivity index (χ2v) is 6.36. The van der Waals surface area contributed by atoms with Gasteiger partial charge in [-0.3, -0.25) is 4.79 Å². The van der Waals surface area contributed by atoms with Gasteiger partial charge in [-0.1, -0.05) is 36.4 Å². The van der Waals surface area contributed by atoms with E-state index in [-0.39, 0.29) is 11.9 Å². The lowest BCUT2D eigenvalue weighted by molar-refractivity contribution is -0.121. The number of carbonyl (C=O) groups excluding carboxylic acids is 1. The van der Waals surface area contributed by atoms with E-state index in [1.54, 1.807) is 14.2 Å². The Hall–Kier alpha value is -2.49. The van der Waals surface area contributed by atoms with Gasteiger partial charge in [0.2, 0.25) is 5.91 Å². The molecule has 1 aliphatic carbocycles. The molecule has 2 aromatic rings. The van der Waals surface area contributed by atoms with Crippen molar-refractivity contribution < 1.29 is 14.3 Å². The molecule has 0 unspecified atom stereocenters. The van der Waals surface area contributed by atoms with Crippen molar-refractivity contribution >= 4 is 5.91 Å². The molecule has 4 nitrogen and oxygen atoms in total. The highest BCUT2D eigenvalue weighted by molar-refractivity contribution is 5.77. The number of methoxy groups -OCH3 is 2. The summed E-state index contributed by atoms with van der Waals surface area (Å²) in [5.74, 6) is 1.48. The third kappa shape index (κ3) is 3.95. The predicted molar refractivity (Wildman–Crippen MR) is 98.1 cm³/mol. The molecule has 0 heterocycles. The summed E-state index contributed by atoms with van der Waals surface area (Å²) in [6, 6.07) is 14.3. The Morgan fingerprint density at radius 2 is 1.96 bits per heavy atom. The minimum absolute atomic E-state index is 0.0755. The molecular weight excluding hydrogens is 314 g/mol. The summed E-state index contributed by atoms with van der Waals surface area (Å²) in [7, 11) is 3.25. The molecule has 0 saturated carbocycles. The van der Waals surface area contributed by atoms with Gasteiger partial charge in [-0.05, 0) is 48.4 Å². The number of benzene rings is 2. The number of carbonyl (C=O) groups is 1. The third-order valence-corrected chi connectivity index (χ3v) is 4.81. The van der Waals surface area contributed by atoms with E-state index in [0.717, 1.165) is 24.8 Å². The van der Waals surface area contributed by atoms with Gasteiger partial charge < -0.3 is 14.8 Å². The first-order valence-corrected chi connectivity index (χ1v) is 8.80. The molecule has 0 spiro atoms. The largest absolute Gasteiger partial charge is 0.493 e. The lowest BCUT2D eigenvalue weighted by atomic mass is 9.87. The maximum Gasteiger partial charge on any atom is 0.220 e. The molecule has 1 atom stereocenters. The number of nitrogens with one attached hydrogen (secondary N) is 1. The maximum absolute atomic E-state index is 12.5. The molecule has 1 N–H and O–H groups in total. The maximum atomic E-state index is 12.5. The summed E-state index contributed by atoms with van der Waals surface area (Å²) in [5.41, 5.74) is 3.61. The van der Waals surface area contributed by atoms with E-state index in [0.29, 0.717) is 24.3 Å². The molecule has 1 aliphatic rings. The van der Waals surface area contributed by atoms with Gasteiger partial charge in [-0.2, -0.15) is 0 Å². The molecule has 25 heavy (non-hydrogen) atoms. The second-order valence-electron chi connectivity index (χ2n) is 6.36. The Bertz CT molecular complexity index is 742. The van der Waals surface area contributed by atoms with E-state index in [2.05, 4.69) is 23.5 Å². The number of hydrogen-bond acceptors (Lipinski definition) is 3. The molecule has 4 heteroatoms. The molecule has 3 rings (SSSR count). The number of ether oxygens (including phenoxy) is 2. The van der Waals surface area contributed by atoms with Crippen LogP contribution in [0.15, 0.2) is 42.5 Å². The van der Waals surface area contributed by atoms with Crippen LogP contribution in [0.1, 0.15) is 42.0 Å². The zero-order valence-electron chi connectivity index (χ0n) is 14.9. The molecule has 0 saturated heterocycles. The molecule has 2 aromatic carbocycles. The minimum Gasteiger partial charge on any atom is -0.493 e. The van der Waals surface area contributed by atoms with E-state index in [4.69, 9.17) is 9.47 Å². The van der Waals surface area contributed by atoms with Crippen LogP contribution in [0, 0.1) is 0 Å². The Morgan fingerprint density at radius 1 is 1.12 bits per heavy atom. The Morgan fingerprint density at radius 3 is 2.76 bits per heavy atom. The molecule has 0 bridgehead atoms. The van der Waals surface area contributed by atoms with Crippen LogP contribution < -0.4 is 14.8 Å². The zero-order valence-corrected chi connectivity index (χ0v) is 14.9. The monoisotopic (exact) mass is 339 g/mol. The van der Waals surface area contributed by atoms with Crippen molar-refractivity contribution in [1.82, 2.24) is 5.32 Å². The van der Waals surface area contributed by atoms with Gasteiger partial charge >= 0.3 is 0 Å². The predicted octanol–water partition coefficient (Wildman–Crippen LogP) is 3.83. The first kappa shape index (κ1) is 17.3. The first-order chi connectivity index (χ1) is 12.2. The third-order valence-electron chi connectivity index (χ3n) is 4.81. The van der Waals surface area contributed by atoms with Crippen molar-refractivity contribution in [2.45, 2.75) is 38.1 Å². The number of amides is 1. The SMILES string of the molecule is COc1cccc(CCC(=O)N[C@H]2CCCc3ccccc32)c1OC. The van der Waals surface area contributed by atoms with Crippen molar-refractivity contribution in [2.24, 2.45) is 0 Å². The van der Waals surface area contributed by atoms with Gasteiger partial charge in [0, 0.05) is 6.42 Å². The van der Waals surface area contributed by atoms with Gasteiger partial charge in [-0.25, -0.2) is 0 Å². The summed E-state index contributed by atoms with van der Waals surface area (Å²) in [4.78, 5) is 12.5. The van der Waals surface area contributed by atoms with E-state index < -0.39 is 0 Å². The average Bonchev–Trinajstić information content (AvgIpc) is 2.66. The quantitative estimate of drug-likeness (QED) is 0.870. The molecule has 0 radical (unpaired) electrons. The number of fused-ring (bicyclic) bond motifs is 1. The van der Waals surface area contributed by atoms with Crippen LogP contribution >= 0.6 is 0 Å². The zero-order chi connectivity index (χ0) is 17.6. The number of hydrogen-bond donors (Lipinski definition) is 1. The van der Waals surface area contributed by atoms with Crippen LogP contribution in [-0.4, -0.2) is 20.1 Å². The van der Waals surface area contributed by atoms with Crippen LogP contribution in [0.5, 0.6) is 11.5 Å². The van der Waals surface area contributed by atoms with Gasteiger partial charge in [0.15, 0.2) is 11.5 Å². The standard InChI is InChI=1S/C21H25NO3/c1-24-19-12-6-9-16(21(19)25-2)13-14-20(23)22-18-11-5-8-15-7-3-4-10-17(15)18/h3-4,6-7,9-10,12,18H,5,8,11,13-14H2,1-2H3,(H,22,23)/t18-/m0/s1. The summed E-state index contributed by atoms with van der Waals surface area (Å²) >= 11 is 0. The van der Waals surface area contributed by atoms with Gasteiger partial charge in [0.25, 0.3) is 0 Å². The first-order valence-electron chi connectivity index (χ1n) is 8.80. The highest BCUT2D eigenvalue weighted by atomic mass is 16.5. The Balaban J connectivity index is 1.63. The van der Waals surface area contributed by atoms with E-state index in [1.165, 1.54) is 11.1 Å². The molecule has 0 aromatic heterocycles. The highest BCUT2D eigenvalue weighted by Crippen LogP contribution is 2.32. The van der Waals surface area contributed by atoms with Crippen molar-refractivity contribution in [2.75, 3.05) is 14.2 Å². The molecular formula is C21H25NO3. The minimum atomic E-state index is 0.0755. The normalized spacial score (nSPS) is 16.0. The van der Waals surface area contributed by atoms with Crippen LogP contribution in [0.4, 0.5) is 0 Å². The molecule has 1 amide bonds. The number of rotatable bonds is 6. The van der Waals surface area contributed by atoms with Crippen LogP contribution in [0.2, 0.25) is 0 Å². The lowest BCUT2D eigenvalue weighted by Gasteiger charge is -2.26. The van der Waals surface area contributed by atoms with Gasteiger partial charge in [0.05, 0.1) is 20.3 Å². The topological polar surface area (TPSA) is 47.6 Å². The lowest BCUT2D eigenvalue weighted by Crippen LogP contribution is -2.31. The second kappa shape index (κ2) is 8.06. The van der Waals surface area contributed by atoms with Crippen molar-refractivity contribution in [3.8, 4) is 11.5 Å². The van der Waals surface area contributed by atoms with E-state index in [9.17, 15) is 4.79 Å². The molecule has 0 fully saturated rings. The average molecular weight is 339 g/mol. The number of aryl methyl sites for hydroxylation is 2. The van der Waals surface area contributed by atoms with Gasteiger partial charge in [-0.15, -0.1) is 0 Å². The summed E-state index contributed by atoms with van der Waals surface area (Å²) in [6.07, 6.45) is 4.28. The Labute approximate surface area is 149 Å². The van der Waals surface area contributed by atoms with E-state index in [1.807, 2.05) is 24.3 Å². The summed E-state index contributed by atoms with van der Waals surface area (Å²) in [5, 5.41) is 3.20. The van der Waals surface area contributed by atoms with Crippen LogP contribution in [0.3, 0.4) is 0 Å². The van der Waals surface area contributed by atoms with Crippen LogP contribution in [0.25, 0.3) is 0 Å². The van der Waals surface area contributed by atoms with E-state index >= 15 is 0 Å². The fourth-order valence-corrected chi connectivity index (χ4v) is 3.57. The van der Waals surface area contributed by atoms with Crippen molar-refractivity contribution in [3.05, 3.63) is 59.2 Å². The smallest absolute Gasteiger partial charge is 0.220 e. The van der Waals surface area contributed by atoms with Gasteiger partial charge in [0.1, 0.15) is 0 Å². The fraction of sp³-hybridized carbons (Fsp3) is 0.381. The fourth-order valence-electron chi connectivity index (χ4n) is 3.57. The summed E-state index contributed by atoms with van der Waals surface area (Å²) in [6.45, 7) is 0. The molecule has 132 valence electrons. The highest BCUT2D eigenvalue weighted by Gasteiger charge is 2.21. The molecule has 0 aliphatic heterocycles. The Kier molecular flexibility index (Phi) is 5.59. The van der Waals surface area contributed by atoms with Crippen molar-refractivity contribution in [1.29, 1.82) is 0 Å². The summed E-state index contributed by atoms with van der Waals surface area (Å²) < 4.78 is 10.8. The van der Waals surface area contributed by atoms with Crippen molar-refractivity contribution in [3.63, 3.8) is 0 Å². The number of para-hydroxylation sites is 1. The van der Waals surface area contributed by atoms with Crippen LogP contribution in [-0.2, 0) is 17.6 Å².